The number of rotatable bonds is 8. The molecule has 11 heteroatoms. The Balaban J connectivity index is 1.52. The Morgan fingerprint density at radius 3 is 2.37 bits per heavy atom. The number of benzene rings is 2. The minimum absolute atomic E-state index is 0.0579. The van der Waals surface area contributed by atoms with Gasteiger partial charge < -0.3 is 19.5 Å². The highest BCUT2D eigenvalue weighted by atomic mass is 19.4. The van der Waals surface area contributed by atoms with Crippen molar-refractivity contribution in [2.45, 2.75) is 96.6 Å². The molecule has 1 heterocycles. The van der Waals surface area contributed by atoms with Crippen molar-refractivity contribution >= 4 is 23.7 Å². The van der Waals surface area contributed by atoms with E-state index in [2.05, 4.69) is 0 Å². The molecule has 1 aliphatic carbocycles. The lowest BCUT2D eigenvalue weighted by molar-refractivity contribution is -0.141. The van der Waals surface area contributed by atoms with Gasteiger partial charge in [-0.25, -0.2) is 4.79 Å². The Labute approximate surface area is 249 Å². The summed E-state index contributed by atoms with van der Waals surface area (Å²) < 4.78 is 53.1. The first-order valence-electron chi connectivity index (χ1n) is 14.5. The van der Waals surface area contributed by atoms with Crippen molar-refractivity contribution in [2.24, 2.45) is 0 Å². The molecule has 4 rings (SSSR count). The number of hydrogen-bond acceptors (Lipinski definition) is 5. The molecule has 0 saturated heterocycles. The quantitative estimate of drug-likeness (QED) is 0.354. The number of amides is 2. The molecule has 1 atom stereocenters. The normalized spacial score (nSPS) is 16.1. The predicted octanol–water partition coefficient (Wildman–Crippen LogP) is 6.85. The number of ether oxygens (including phenoxy) is 2. The summed E-state index contributed by atoms with van der Waals surface area (Å²) in [5.41, 5.74) is 1.45. The monoisotopic (exact) mass is 604 g/mol. The van der Waals surface area contributed by atoms with E-state index in [9.17, 15) is 32.7 Å². The Morgan fingerprint density at radius 1 is 1.09 bits per heavy atom. The fraction of sp³-hybridized carbons (Fsp3) is 0.531. The molecule has 1 N–H and O–H groups in total. The maximum Gasteiger partial charge on any atom is 0.416 e. The highest BCUT2D eigenvalue weighted by molar-refractivity contribution is 6.02. The number of likely N-dealkylation sites (N-methyl/N-ethyl adjacent to an activating group) is 1. The van der Waals surface area contributed by atoms with E-state index in [1.165, 1.54) is 18.0 Å². The average molecular weight is 605 g/mol. The number of aliphatic carboxylic acids is 1. The van der Waals surface area contributed by atoms with Gasteiger partial charge in [0.1, 0.15) is 24.0 Å². The van der Waals surface area contributed by atoms with Gasteiger partial charge in [0.15, 0.2) is 0 Å². The summed E-state index contributed by atoms with van der Waals surface area (Å²) in [5.74, 6) is -1.38. The summed E-state index contributed by atoms with van der Waals surface area (Å²) in [5, 5.41) is 9.47. The van der Waals surface area contributed by atoms with Gasteiger partial charge in [-0.3, -0.25) is 14.5 Å². The minimum Gasteiger partial charge on any atom is -0.489 e. The molecule has 1 aliphatic heterocycles. The van der Waals surface area contributed by atoms with E-state index < -0.39 is 47.8 Å². The zero-order valence-corrected chi connectivity index (χ0v) is 25.2. The first-order chi connectivity index (χ1) is 20.1. The van der Waals surface area contributed by atoms with E-state index in [-0.39, 0.29) is 19.1 Å². The average Bonchev–Trinajstić information content (AvgIpc) is 3.60. The zero-order valence-electron chi connectivity index (χ0n) is 25.2. The molecule has 2 aromatic rings. The molecule has 234 valence electrons. The van der Waals surface area contributed by atoms with Crippen LogP contribution < -0.4 is 9.64 Å². The van der Waals surface area contributed by atoms with Crippen molar-refractivity contribution < 1.29 is 42.1 Å². The molecule has 2 amide bonds. The van der Waals surface area contributed by atoms with Crippen molar-refractivity contribution in [1.29, 1.82) is 0 Å². The van der Waals surface area contributed by atoms with E-state index >= 15 is 0 Å². The molecule has 0 aromatic heterocycles. The number of anilines is 1. The van der Waals surface area contributed by atoms with Gasteiger partial charge in [0.2, 0.25) is 0 Å². The van der Waals surface area contributed by atoms with Crippen LogP contribution in [0, 0.1) is 6.92 Å². The van der Waals surface area contributed by atoms with Crippen LogP contribution in [0.1, 0.15) is 86.6 Å². The lowest BCUT2D eigenvalue weighted by atomic mass is 9.91. The van der Waals surface area contributed by atoms with Gasteiger partial charge in [-0.1, -0.05) is 25.0 Å². The van der Waals surface area contributed by atoms with Crippen LogP contribution in [0.3, 0.4) is 0 Å². The van der Waals surface area contributed by atoms with E-state index in [1.54, 1.807) is 45.0 Å². The van der Waals surface area contributed by atoms with Crippen LogP contribution in [-0.2, 0) is 33.5 Å². The number of fused-ring (bicyclic) bond motifs is 1. The number of alkyl halides is 3. The number of carboxylic acid groups (broad SMARTS) is 1. The second-order valence-electron chi connectivity index (χ2n) is 12.3. The van der Waals surface area contributed by atoms with Gasteiger partial charge >= 0.3 is 18.2 Å². The predicted molar refractivity (Wildman–Crippen MR) is 154 cm³/mol. The van der Waals surface area contributed by atoms with Crippen molar-refractivity contribution in [3.8, 4) is 5.75 Å². The molecular formula is C32H39F3N2O6. The number of carbonyl (C=O) groups excluding carboxylic acids is 2. The van der Waals surface area contributed by atoms with E-state index in [4.69, 9.17) is 9.47 Å². The Hall–Kier alpha value is -3.76. The van der Waals surface area contributed by atoms with Crippen LogP contribution in [0.2, 0.25) is 0 Å². The Bertz CT molecular complexity index is 1380. The number of hydrogen-bond donors (Lipinski definition) is 1. The third kappa shape index (κ3) is 7.43. The lowest BCUT2D eigenvalue weighted by Crippen LogP contribution is -2.51. The summed E-state index contributed by atoms with van der Waals surface area (Å²) >= 11 is 0. The molecule has 8 nitrogen and oxygen atoms in total. The molecule has 0 radical (unpaired) electrons. The molecule has 2 aliphatic rings. The van der Waals surface area contributed by atoms with E-state index in [0.717, 1.165) is 41.7 Å². The van der Waals surface area contributed by atoms with Gasteiger partial charge in [-0.15, -0.1) is 0 Å². The van der Waals surface area contributed by atoms with Crippen molar-refractivity contribution in [2.75, 3.05) is 18.5 Å². The van der Waals surface area contributed by atoms with Crippen molar-refractivity contribution in [1.82, 2.24) is 4.90 Å². The highest BCUT2D eigenvalue weighted by Gasteiger charge is 2.38. The highest BCUT2D eigenvalue weighted by Crippen LogP contribution is 2.42. The fourth-order valence-electron chi connectivity index (χ4n) is 5.91. The molecule has 0 spiro atoms. The van der Waals surface area contributed by atoms with Gasteiger partial charge in [0, 0.05) is 19.3 Å². The van der Waals surface area contributed by atoms with E-state index in [0.29, 0.717) is 29.0 Å². The standard InChI is InChI=1S/C32H39F3N2O6/c1-19-22-14-15-37(29(40)26(17-28(38)39)36(5)30(41)43-31(2,3)4)25(22)12-13-27(19)42-18-20-10-11-23(21-8-6-7-9-21)24(16-20)32(33,34)35/h10-13,16,21,26H,6-9,14-15,17-18H2,1-5H3,(H,38,39)/t26-/m1/s1. The number of carboxylic acids is 1. The van der Waals surface area contributed by atoms with Crippen LogP contribution in [0.15, 0.2) is 30.3 Å². The van der Waals surface area contributed by atoms with Crippen LogP contribution >= 0.6 is 0 Å². The summed E-state index contributed by atoms with van der Waals surface area (Å²) in [4.78, 5) is 40.3. The molecule has 0 bridgehead atoms. The first-order valence-corrected chi connectivity index (χ1v) is 14.5. The van der Waals surface area contributed by atoms with Crippen molar-refractivity contribution in [3.63, 3.8) is 0 Å². The third-order valence-corrected chi connectivity index (χ3v) is 8.08. The molecule has 0 unspecified atom stereocenters. The minimum atomic E-state index is -4.45. The largest absolute Gasteiger partial charge is 0.489 e. The van der Waals surface area contributed by atoms with E-state index in [1.807, 2.05) is 6.92 Å². The number of carbonyl (C=O) groups is 3. The molecule has 2 aromatic carbocycles. The van der Waals surface area contributed by atoms with Crippen LogP contribution in [0.5, 0.6) is 5.75 Å². The van der Waals surface area contributed by atoms with Gasteiger partial charge in [0.25, 0.3) is 5.91 Å². The van der Waals surface area contributed by atoms with Gasteiger partial charge in [0.05, 0.1) is 12.0 Å². The van der Waals surface area contributed by atoms with Gasteiger partial charge in [-0.2, -0.15) is 13.2 Å². The summed E-state index contributed by atoms with van der Waals surface area (Å²) in [6.45, 7) is 7.05. The Kier molecular flexibility index (Phi) is 9.32. The van der Waals surface area contributed by atoms with Crippen LogP contribution in [0.4, 0.5) is 23.7 Å². The zero-order chi connectivity index (χ0) is 31.7. The lowest BCUT2D eigenvalue weighted by Gasteiger charge is -2.31. The Morgan fingerprint density at radius 2 is 1.77 bits per heavy atom. The third-order valence-electron chi connectivity index (χ3n) is 8.08. The molecule has 1 fully saturated rings. The van der Waals surface area contributed by atoms with Crippen LogP contribution in [0.25, 0.3) is 0 Å². The topological polar surface area (TPSA) is 96.4 Å². The molecular weight excluding hydrogens is 565 g/mol. The summed E-state index contributed by atoms with van der Waals surface area (Å²) in [6.07, 6.45) is -1.99. The SMILES string of the molecule is Cc1c(OCc2ccc(C3CCCC3)c(C(F)(F)F)c2)ccc2c1CCN2C(=O)[C@@H](CC(=O)O)N(C)C(=O)OC(C)(C)C. The fourth-order valence-corrected chi connectivity index (χ4v) is 5.91. The molecule has 43 heavy (non-hydrogen) atoms. The first kappa shape index (κ1) is 32.2. The summed E-state index contributed by atoms with van der Waals surface area (Å²) in [7, 11) is 1.34. The van der Waals surface area contributed by atoms with Crippen molar-refractivity contribution in [3.05, 3.63) is 58.1 Å². The maximum atomic E-state index is 13.9. The van der Waals surface area contributed by atoms with Crippen LogP contribution in [-0.4, -0.2) is 53.2 Å². The maximum absolute atomic E-state index is 13.9. The second-order valence-corrected chi connectivity index (χ2v) is 12.3. The smallest absolute Gasteiger partial charge is 0.416 e. The number of halogens is 3. The summed E-state index contributed by atoms with van der Waals surface area (Å²) in [6, 6.07) is 6.50. The number of nitrogens with zero attached hydrogens (tertiary/aromatic N) is 2. The second kappa shape index (κ2) is 12.5. The molecule has 1 saturated carbocycles. The van der Waals surface area contributed by atoms with Gasteiger partial charge in [-0.05, 0) is 93.3 Å².